The summed E-state index contributed by atoms with van der Waals surface area (Å²) in [7, 11) is 0. The van der Waals surface area contributed by atoms with Gasteiger partial charge in [-0.25, -0.2) is 0 Å². The lowest BCUT2D eigenvalue weighted by Crippen LogP contribution is -2.39. The summed E-state index contributed by atoms with van der Waals surface area (Å²) in [4.78, 5) is 0. The Labute approximate surface area is 131 Å². The molecule has 2 aromatic rings. The maximum absolute atomic E-state index is 6.02. The average molecular weight is 303 g/mol. The van der Waals surface area contributed by atoms with Crippen LogP contribution in [0.15, 0.2) is 24.7 Å². The number of aryl methyl sites for hydroxylation is 2. The summed E-state index contributed by atoms with van der Waals surface area (Å²) in [5.41, 5.74) is 2.39. The van der Waals surface area contributed by atoms with E-state index in [1.165, 1.54) is 11.3 Å². The molecule has 0 unspecified atom stereocenters. The summed E-state index contributed by atoms with van der Waals surface area (Å²) in [5.74, 6) is 0. The standard InChI is InChI=1S/C16H25N5O/c1-3-20-12-13(10-19-20)16-15(6-5-9-22-16)17-11-14-7-8-18-21(14)4-2/h7-8,10,12,15-17H,3-6,9,11H2,1-2H3/t15-,16+/m0/s1. The van der Waals surface area contributed by atoms with Crippen LogP contribution >= 0.6 is 0 Å². The van der Waals surface area contributed by atoms with Crippen molar-refractivity contribution in [2.24, 2.45) is 0 Å². The molecule has 1 N–H and O–H groups in total. The predicted molar refractivity (Wildman–Crippen MR) is 84.4 cm³/mol. The van der Waals surface area contributed by atoms with E-state index in [-0.39, 0.29) is 6.10 Å². The first-order chi connectivity index (χ1) is 10.8. The molecule has 0 bridgehead atoms. The number of hydrogen-bond donors (Lipinski definition) is 1. The monoisotopic (exact) mass is 303 g/mol. The van der Waals surface area contributed by atoms with Crippen LogP contribution in [0.25, 0.3) is 0 Å². The predicted octanol–water partition coefficient (Wildman–Crippen LogP) is 2.13. The zero-order valence-corrected chi connectivity index (χ0v) is 13.4. The zero-order chi connectivity index (χ0) is 15.4. The van der Waals surface area contributed by atoms with Crippen LogP contribution in [0.5, 0.6) is 0 Å². The van der Waals surface area contributed by atoms with Crippen molar-refractivity contribution in [2.75, 3.05) is 6.61 Å². The smallest absolute Gasteiger partial charge is 0.101 e. The second-order valence-corrected chi connectivity index (χ2v) is 5.69. The SMILES string of the molecule is CCn1cc([C@H]2OCCC[C@@H]2NCc2ccnn2CC)cn1. The molecule has 0 amide bonds. The van der Waals surface area contributed by atoms with Crippen molar-refractivity contribution < 1.29 is 4.74 Å². The van der Waals surface area contributed by atoms with Gasteiger partial charge in [-0.15, -0.1) is 0 Å². The highest BCUT2D eigenvalue weighted by Gasteiger charge is 2.28. The molecule has 1 aliphatic heterocycles. The molecule has 0 radical (unpaired) electrons. The molecule has 1 aliphatic rings. The van der Waals surface area contributed by atoms with Crippen LogP contribution in [0.2, 0.25) is 0 Å². The Morgan fingerprint density at radius 3 is 3.00 bits per heavy atom. The van der Waals surface area contributed by atoms with Crippen molar-refractivity contribution in [1.29, 1.82) is 0 Å². The summed E-state index contributed by atoms with van der Waals surface area (Å²) < 4.78 is 10.0. The Hall–Kier alpha value is -1.66. The van der Waals surface area contributed by atoms with Gasteiger partial charge in [-0.05, 0) is 32.8 Å². The fourth-order valence-corrected chi connectivity index (χ4v) is 3.05. The summed E-state index contributed by atoms with van der Waals surface area (Å²) in [6.07, 6.45) is 8.21. The molecule has 1 saturated heterocycles. The molecule has 0 aromatic carbocycles. The quantitative estimate of drug-likeness (QED) is 0.888. The molecule has 0 aliphatic carbocycles. The lowest BCUT2D eigenvalue weighted by molar-refractivity contribution is -0.0114. The Bertz CT molecular complexity index is 591. The molecule has 3 rings (SSSR count). The number of nitrogens with zero attached hydrogens (tertiary/aromatic N) is 4. The van der Waals surface area contributed by atoms with Gasteiger partial charge in [-0.3, -0.25) is 9.36 Å². The second-order valence-electron chi connectivity index (χ2n) is 5.69. The van der Waals surface area contributed by atoms with Gasteiger partial charge >= 0.3 is 0 Å². The Morgan fingerprint density at radius 2 is 2.23 bits per heavy atom. The first-order valence-electron chi connectivity index (χ1n) is 8.19. The van der Waals surface area contributed by atoms with E-state index in [1.807, 2.05) is 21.8 Å². The van der Waals surface area contributed by atoms with Crippen molar-refractivity contribution in [1.82, 2.24) is 24.9 Å². The number of aromatic nitrogens is 4. The second kappa shape index (κ2) is 7.07. The summed E-state index contributed by atoms with van der Waals surface area (Å²) in [6, 6.07) is 2.40. The zero-order valence-electron chi connectivity index (χ0n) is 13.4. The highest BCUT2D eigenvalue weighted by Crippen LogP contribution is 2.28. The van der Waals surface area contributed by atoms with Crippen molar-refractivity contribution in [3.05, 3.63) is 35.9 Å². The summed E-state index contributed by atoms with van der Waals surface area (Å²) >= 11 is 0. The van der Waals surface area contributed by atoms with E-state index in [9.17, 15) is 0 Å². The molecular formula is C16H25N5O. The van der Waals surface area contributed by atoms with Crippen LogP contribution < -0.4 is 5.32 Å². The van der Waals surface area contributed by atoms with Crippen LogP contribution in [-0.4, -0.2) is 32.2 Å². The number of ether oxygens (including phenoxy) is 1. The maximum atomic E-state index is 6.02. The average Bonchev–Trinajstić information content (AvgIpc) is 3.21. The van der Waals surface area contributed by atoms with Crippen LogP contribution in [-0.2, 0) is 24.4 Å². The first kappa shape index (κ1) is 15.2. The van der Waals surface area contributed by atoms with Crippen LogP contribution in [0, 0.1) is 0 Å². The molecule has 2 aromatic heterocycles. The number of hydrogen-bond acceptors (Lipinski definition) is 4. The van der Waals surface area contributed by atoms with Gasteiger partial charge in [0.15, 0.2) is 0 Å². The molecular weight excluding hydrogens is 278 g/mol. The third-order valence-corrected chi connectivity index (χ3v) is 4.28. The van der Waals surface area contributed by atoms with E-state index in [0.29, 0.717) is 6.04 Å². The van der Waals surface area contributed by atoms with Gasteiger partial charge in [-0.1, -0.05) is 0 Å². The number of rotatable bonds is 6. The van der Waals surface area contributed by atoms with E-state index in [0.717, 1.165) is 39.1 Å². The van der Waals surface area contributed by atoms with Crippen molar-refractivity contribution >= 4 is 0 Å². The minimum Gasteiger partial charge on any atom is -0.372 e. The first-order valence-corrected chi connectivity index (χ1v) is 8.19. The van der Waals surface area contributed by atoms with E-state index < -0.39 is 0 Å². The molecule has 1 fully saturated rings. The Morgan fingerprint density at radius 1 is 1.32 bits per heavy atom. The molecule has 0 spiro atoms. The van der Waals surface area contributed by atoms with Gasteiger partial charge in [-0.2, -0.15) is 10.2 Å². The third kappa shape index (κ3) is 3.23. The van der Waals surface area contributed by atoms with Gasteiger partial charge in [0, 0.05) is 50.2 Å². The van der Waals surface area contributed by atoms with Gasteiger partial charge in [0.05, 0.1) is 11.9 Å². The maximum Gasteiger partial charge on any atom is 0.101 e. The van der Waals surface area contributed by atoms with E-state index in [4.69, 9.17) is 4.74 Å². The number of nitrogens with one attached hydrogen (secondary N) is 1. The van der Waals surface area contributed by atoms with Gasteiger partial charge in [0.1, 0.15) is 6.10 Å². The third-order valence-electron chi connectivity index (χ3n) is 4.28. The van der Waals surface area contributed by atoms with Crippen molar-refractivity contribution in [2.45, 2.75) is 58.5 Å². The van der Waals surface area contributed by atoms with Gasteiger partial charge < -0.3 is 10.1 Å². The molecule has 22 heavy (non-hydrogen) atoms. The molecule has 6 heteroatoms. The lowest BCUT2D eigenvalue weighted by Gasteiger charge is -2.32. The van der Waals surface area contributed by atoms with Crippen molar-refractivity contribution in [3.8, 4) is 0 Å². The largest absolute Gasteiger partial charge is 0.372 e. The highest BCUT2D eigenvalue weighted by atomic mass is 16.5. The van der Waals surface area contributed by atoms with E-state index in [2.05, 4.69) is 41.6 Å². The highest BCUT2D eigenvalue weighted by molar-refractivity contribution is 5.12. The molecule has 0 saturated carbocycles. The Balaban J connectivity index is 1.67. The molecule has 3 heterocycles. The van der Waals surface area contributed by atoms with Gasteiger partial charge in [0.25, 0.3) is 0 Å². The molecule has 2 atom stereocenters. The van der Waals surface area contributed by atoms with E-state index in [1.54, 1.807) is 0 Å². The normalized spacial score (nSPS) is 22.1. The Kier molecular flexibility index (Phi) is 4.90. The minimum atomic E-state index is 0.0899. The van der Waals surface area contributed by atoms with Crippen LogP contribution in [0.3, 0.4) is 0 Å². The van der Waals surface area contributed by atoms with Crippen molar-refractivity contribution in [3.63, 3.8) is 0 Å². The fourth-order valence-electron chi connectivity index (χ4n) is 3.05. The molecule has 120 valence electrons. The van der Waals surface area contributed by atoms with E-state index >= 15 is 0 Å². The van der Waals surface area contributed by atoms with Gasteiger partial charge in [0.2, 0.25) is 0 Å². The summed E-state index contributed by atoms with van der Waals surface area (Å²) in [5, 5.41) is 12.4. The summed E-state index contributed by atoms with van der Waals surface area (Å²) in [6.45, 7) is 7.65. The van der Waals surface area contributed by atoms with Crippen LogP contribution in [0.1, 0.15) is 44.1 Å². The molecule has 6 nitrogen and oxygen atoms in total. The minimum absolute atomic E-state index is 0.0899. The van der Waals surface area contributed by atoms with Crippen LogP contribution in [0.4, 0.5) is 0 Å². The topological polar surface area (TPSA) is 56.9 Å². The fraction of sp³-hybridized carbons (Fsp3) is 0.625. The lowest BCUT2D eigenvalue weighted by atomic mass is 9.98.